The molecule has 1 aliphatic heterocycles. The lowest BCUT2D eigenvalue weighted by Gasteiger charge is -2.22. The topological polar surface area (TPSA) is 41.1 Å². The summed E-state index contributed by atoms with van der Waals surface area (Å²) in [5, 5.41) is 6.86. The second-order valence-electron chi connectivity index (χ2n) is 4.50. The van der Waals surface area contributed by atoms with Crippen LogP contribution in [0.5, 0.6) is 0 Å². The molecule has 1 atom stereocenters. The average Bonchev–Trinajstić information content (AvgIpc) is 2.38. The molecule has 2 rings (SSSR count). The Morgan fingerprint density at radius 1 is 1.53 bits per heavy atom. The molecule has 1 unspecified atom stereocenters. The van der Waals surface area contributed by atoms with Crippen LogP contribution in [0.25, 0.3) is 0 Å². The second kappa shape index (κ2) is 8.10. The van der Waals surface area contributed by atoms with Crippen LogP contribution in [0.3, 0.4) is 0 Å². The maximum Gasteiger partial charge on any atom is 0.224 e. The van der Waals surface area contributed by atoms with Crippen molar-refractivity contribution in [3.63, 3.8) is 0 Å². The molecule has 1 aromatic carbocycles. The lowest BCUT2D eigenvalue weighted by atomic mass is 9.99. The van der Waals surface area contributed by atoms with Crippen molar-refractivity contribution in [2.24, 2.45) is 5.92 Å². The Morgan fingerprint density at radius 2 is 2.32 bits per heavy atom. The van der Waals surface area contributed by atoms with Gasteiger partial charge in [0.05, 0.1) is 5.92 Å². The van der Waals surface area contributed by atoms with Crippen LogP contribution in [0.15, 0.2) is 22.7 Å². The zero-order valence-corrected chi connectivity index (χ0v) is 13.6. The molecular formula is C13H17BrCl2N2O. The Kier molecular flexibility index (Phi) is 7.15. The number of amides is 1. The number of hydrogen-bond donors (Lipinski definition) is 2. The minimum Gasteiger partial charge on any atom is -0.352 e. The van der Waals surface area contributed by atoms with E-state index in [2.05, 4.69) is 26.6 Å². The molecule has 1 aromatic rings. The van der Waals surface area contributed by atoms with Crippen molar-refractivity contribution in [3.8, 4) is 0 Å². The Hall–Kier alpha value is -0.290. The summed E-state index contributed by atoms with van der Waals surface area (Å²) in [4.78, 5) is 11.9. The molecule has 1 fully saturated rings. The molecule has 0 spiro atoms. The van der Waals surface area contributed by atoms with E-state index in [1.165, 1.54) is 0 Å². The molecule has 1 amide bonds. The summed E-state index contributed by atoms with van der Waals surface area (Å²) in [6, 6.07) is 5.69. The van der Waals surface area contributed by atoms with E-state index >= 15 is 0 Å². The zero-order chi connectivity index (χ0) is 13.0. The Bertz CT molecular complexity index is 437. The van der Waals surface area contributed by atoms with E-state index in [9.17, 15) is 4.79 Å². The average molecular weight is 368 g/mol. The molecule has 0 radical (unpaired) electrons. The SMILES string of the molecule is Cl.O=C(NCc1ccc(Br)cc1Cl)C1CCCNC1. The van der Waals surface area contributed by atoms with Gasteiger partial charge >= 0.3 is 0 Å². The zero-order valence-electron chi connectivity index (χ0n) is 10.4. The van der Waals surface area contributed by atoms with Crippen LogP contribution in [-0.2, 0) is 11.3 Å². The highest BCUT2D eigenvalue weighted by Crippen LogP contribution is 2.21. The van der Waals surface area contributed by atoms with Crippen LogP contribution in [0.1, 0.15) is 18.4 Å². The molecule has 1 aliphatic rings. The first-order valence-electron chi connectivity index (χ1n) is 6.09. The van der Waals surface area contributed by atoms with E-state index in [1.54, 1.807) is 0 Å². The molecule has 2 N–H and O–H groups in total. The van der Waals surface area contributed by atoms with Gasteiger partial charge < -0.3 is 10.6 Å². The summed E-state index contributed by atoms with van der Waals surface area (Å²) in [6.07, 6.45) is 2.03. The first-order valence-corrected chi connectivity index (χ1v) is 7.26. The Morgan fingerprint density at radius 3 is 2.95 bits per heavy atom. The summed E-state index contributed by atoms with van der Waals surface area (Å²) in [5.41, 5.74) is 0.942. The van der Waals surface area contributed by atoms with Crippen molar-refractivity contribution < 1.29 is 4.79 Å². The highest BCUT2D eigenvalue weighted by atomic mass is 79.9. The van der Waals surface area contributed by atoms with Crippen molar-refractivity contribution in [2.75, 3.05) is 13.1 Å². The molecule has 6 heteroatoms. The predicted molar refractivity (Wildman–Crippen MR) is 83.8 cm³/mol. The molecule has 0 bridgehead atoms. The quantitative estimate of drug-likeness (QED) is 0.861. The van der Waals surface area contributed by atoms with Crippen LogP contribution >= 0.6 is 39.9 Å². The Labute approximate surface area is 133 Å². The fourth-order valence-corrected chi connectivity index (χ4v) is 2.81. The number of piperidine rings is 1. The van der Waals surface area contributed by atoms with Gasteiger partial charge in [-0.3, -0.25) is 4.79 Å². The monoisotopic (exact) mass is 366 g/mol. The number of carbonyl (C=O) groups is 1. The van der Waals surface area contributed by atoms with Gasteiger partial charge in [0, 0.05) is 22.6 Å². The highest BCUT2D eigenvalue weighted by molar-refractivity contribution is 9.10. The molecule has 0 aliphatic carbocycles. The fourth-order valence-electron chi connectivity index (χ4n) is 2.07. The smallest absolute Gasteiger partial charge is 0.224 e. The van der Waals surface area contributed by atoms with E-state index < -0.39 is 0 Å². The van der Waals surface area contributed by atoms with Gasteiger partial charge in [0.15, 0.2) is 0 Å². The van der Waals surface area contributed by atoms with Gasteiger partial charge in [-0.15, -0.1) is 12.4 Å². The van der Waals surface area contributed by atoms with Gasteiger partial charge in [-0.05, 0) is 37.1 Å². The summed E-state index contributed by atoms with van der Waals surface area (Å²) in [5.74, 6) is 0.203. The highest BCUT2D eigenvalue weighted by Gasteiger charge is 2.20. The van der Waals surface area contributed by atoms with E-state index in [-0.39, 0.29) is 24.2 Å². The third kappa shape index (κ3) is 4.95. The first kappa shape index (κ1) is 16.8. The van der Waals surface area contributed by atoms with Crippen molar-refractivity contribution >= 4 is 45.8 Å². The predicted octanol–water partition coefficient (Wildman–Crippen LogP) is 3.14. The first-order chi connectivity index (χ1) is 8.66. The summed E-state index contributed by atoms with van der Waals surface area (Å²) in [6.45, 7) is 2.28. The van der Waals surface area contributed by atoms with Crippen molar-refractivity contribution in [3.05, 3.63) is 33.3 Å². The number of rotatable bonds is 3. The maximum atomic E-state index is 11.9. The van der Waals surface area contributed by atoms with Crippen molar-refractivity contribution in [1.82, 2.24) is 10.6 Å². The minimum absolute atomic E-state index is 0. The van der Waals surface area contributed by atoms with Gasteiger partial charge in [-0.25, -0.2) is 0 Å². The van der Waals surface area contributed by atoms with Crippen LogP contribution in [0.2, 0.25) is 5.02 Å². The van der Waals surface area contributed by atoms with Crippen LogP contribution < -0.4 is 10.6 Å². The third-order valence-corrected chi connectivity index (χ3v) is 3.98. The molecular weight excluding hydrogens is 351 g/mol. The van der Waals surface area contributed by atoms with E-state index in [4.69, 9.17) is 11.6 Å². The third-order valence-electron chi connectivity index (χ3n) is 3.14. The fraction of sp³-hybridized carbons (Fsp3) is 0.462. The summed E-state index contributed by atoms with van der Waals surface area (Å²) >= 11 is 9.46. The van der Waals surface area contributed by atoms with Gasteiger partial charge in [-0.2, -0.15) is 0 Å². The van der Waals surface area contributed by atoms with E-state index in [0.717, 1.165) is 36.0 Å². The molecule has 3 nitrogen and oxygen atoms in total. The second-order valence-corrected chi connectivity index (χ2v) is 5.82. The minimum atomic E-state index is 0. The summed E-state index contributed by atoms with van der Waals surface area (Å²) in [7, 11) is 0. The normalized spacial score (nSPS) is 18.5. The lowest BCUT2D eigenvalue weighted by molar-refractivity contribution is -0.125. The standard InChI is InChI=1S/C13H16BrClN2O.ClH/c14-11-4-3-9(12(15)6-11)8-17-13(18)10-2-1-5-16-7-10;/h3-4,6,10,16H,1-2,5,7-8H2,(H,17,18);1H. The molecule has 0 aromatic heterocycles. The lowest BCUT2D eigenvalue weighted by Crippen LogP contribution is -2.40. The Balaban J connectivity index is 0.00000180. The molecule has 0 saturated carbocycles. The molecule has 19 heavy (non-hydrogen) atoms. The number of hydrogen-bond acceptors (Lipinski definition) is 2. The van der Waals surface area contributed by atoms with Gasteiger partial charge in [0.1, 0.15) is 0 Å². The van der Waals surface area contributed by atoms with Crippen molar-refractivity contribution in [1.29, 1.82) is 0 Å². The number of nitrogens with one attached hydrogen (secondary N) is 2. The number of carbonyl (C=O) groups excluding carboxylic acids is 1. The number of benzene rings is 1. The van der Waals surface area contributed by atoms with Crippen LogP contribution in [0, 0.1) is 5.92 Å². The van der Waals surface area contributed by atoms with Crippen molar-refractivity contribution in [2.45, 2.75) is 19.4 Å². The van der Waals surface area contributed by atoms with Crippen LogP contribution in [-0.4, -0.2) is 19.0 Å². The van der Waals surface area contributed by atoms with Gasteiger partial charge in [0.2, 0.25) is 5.91 Å². The number of halogens is 3. The van der Waals surface area contributed by atoms with Gasteiger partial charge in [0.25, 0.3) is 0 Å². The summed E-state index contributed by atoms with van der Waals surface area (Å²) < 4.78 is 0.944. The molecule has 106 valence electrons. The van der Waals surface area contributed by atoms with Gasteiger partial charge in [-0.1, -0.05) is 33.6 Å². The maximum absolute atomic E-state index is 11.9. The van der Waals surface area contributed by atoms with E-state index in [0.29, 0.717) is 11.6 Å². The van der Waals surface area contributed by atoms with Crippen LogP contribution in [0.4, 0.5) is 0 Å². The largest absolute Gasteiger partial charge is 0.352 e. The molecule has 1 heterocycles. The van der Waals surface area contributed by atoms with E-state index in [1.807, 2.05) is 18.2 Å². The molecule has 1 saturated heterocycles.